The topological polar surface area (TPSA) is 30.9 Å². The normalized spacial score (nSPS) is 15.1. The molecule has 0 aliphatic carbocycles. The van der Waals surface area contributed by atoms with E-state index in [1.165, 1.54) is 24.3 Å². The second kappa shape index (κ2) is 12.6. The van der Waals surface area contributed by atoms with Gasteiger partial charge in [-0.15, -0.1) is 24.0 Å². The summed E-state index contributed by atoms with van der Waals surface area (Å²) in [5.41, 5.74) is 1.09. The standard InChI is InChI=1S/C18H29FN4S.HI/c1-3-20-18(21-10-4-5-15-24-2)23-13-11-22(12-14-23)17-8-6-16(19)7-9-17;/h6-9H,3-5,10-15H2,1-2H3,(H,20,21);1H. The number of halogens is 2. The fourth-order valence-corrected chi connectivity index (χ4v) is 3.29. The number of piperazine rings is 1. The minimum absolute atomic E-state index is 0. The van der Waals surface area contributed by atoms with Crippen LogP contribution in [0, 0.1) is 5.82 Å². The maximum atomic E-state index is 13.1. The molecular formula is C18H30FIN4S. The second-order valence-corrected chi connectivity index (χ2v) is 6.87. The van der Waals surface area contributed by atoms with E-state index in [4.69, 9.17) is 4.99 Å². The average Bonchev–Trinajstić information content (AvgIpc) is 2.61. The van der Waals surface area contributed by atoms with Gasteiger partial charge in [-0.05, 0) is 56.0 Å². The zero-order chi connectivity index (χ0) is 17.2. The third-order valence-corrected chi connectivity index (χ3v) is 4.82. The lowest BCUT2D eigenvalue weighted by Gasteiger charge is -2.37. The van der Waals surface area contributed by atoms with E-state index >= 15 is 0 Å². The SMILES string of the molecule is CCNC(=NCCCCSC)N1CCN(c2ccc(F)cc2)CC1.I. The Balaban J connectivity index is 0.00000312. The average molecular weight is 480 g/mol. The molecule has 1 aromatic carbocycles. The van der Waals surface area contributed by atoms with Crippen molar-refractivity contribution in [2.75, 3.05) is 56.2 Å². The molecule has 4 nitrogen and oxygen atoms in total. The molecule has 0 bridgehead atoms. The van der Waals surface area contributed by atoms with Gasteiger partial charge in [0.2, 0.25) is 0 Å². The fourth-order valence-electron chi connectivity index (χ4n) is 2.80. The van der Waals surface area contributed by atoms with Crippen molar-refractivity contribution in [3.8, 4) is 0 Å². The Morgan fingerprint density at radius 2 is 1.84 bits per heavy atom. The predicted octanol–water partition coefficient (Wildman–Crippen LogP) is 3.67. The van der Waals surface area contributed by atoms with Crippen molar-refractivity contribution in [2.24, 2.45) is 4.99 Å². The van der Waals surface area contributed by atoms with E-state index in [1.54, 1.807) is 0 Å². The number of nitrogens with one attached hydrogen (secondary N) is 1. The summed E-state index contributed by atoms with van der Waals surface area (Å²) in [5.74, 6) is 2.06. The van der Waals surface area contributed by atoms with Crippen molar-refractivity contribution in [3.63, 3.8) is 0 Å². The Kier molecular flexibility index (Phi) is 11.3. The van der Waals surface area contributed by atoms with Crippen LogP contribution in [0.5, 0.6) is 0 Å². The minimum Gasteiger partial charge on any atom is -0.368 e. The maximum Gasteiger partial charge on any atom is 0.194 e. The van der Waals surface area contributed by atoms with Crippen molar-refractivity contribution in [1.29, 1.82) is 0 Å². The number of hydrogen-bond donors (Lipinski definition) is 1. The van der Waals surface area contributed by atoms with E-state index in [1.807, 2.05) is 23.9 Å². The maximum absolute atomic E-state index is 13.1. The van der Waals surface area contributed by atoms with Gasteiger partial charge in [-0.3, -0.25) is 4.99 Å². The van der Waals surface area contributed by atoms with Crippen LogP contribution >= 0.6 is 35.7 Å². The summed E-state index contributed by atoms with van der Waals surface area (Å²) in [7, 11) is 0. The molecule has 0 amide bonds. The van der Waals surface area contributed by atoms with Crippen LogP contribution in [0.25, 0.3) is 0 Å². The van der Waals surface area contributed by atoms with Gasteiger partial charge in [-0.2, -0.15) is 11.8 Å². The second-order valence-electron chi connectivity index (χ2n) is 5.89. The van der Waals surface area contributed by atoms with E-state index in [-0.39, 0.29) is 29.8 Å². The Morgan fingerprint density at radius 1 is 1.16 bits per heavy atom. The number of anilines is 1. The van der Waals surface area contributed by atoms with Gasteiger partial charge < -0.3 is 15.1 Å². The molecule has 142 valence electrons. The van der Waals surface area contributed by atoms with Gasteiger partial charge in [0.15, 0.2) is 5.96 Å². The molecule has 1 saturated heterocycles. The highest BCUT2D eigenvalue weighted by Crippen LogP contribution is 2.17. The molecule has 1 aromatic rings. The zero-order valence-electron chi connectivity index (χ0n) is 15.2. The van der Waals surface area contributed by atoms with Crippen LogP contribution in [0.2, 0.25) is 0 Å². The zero-order valence-corrected chi connectivity index (χ0v) is 18.4. The van der Waals surface area contributed by atoms with E-state index in [0.717, 1.165) is 57.3 Å². The Bertz CT molecular complexity index is 504. The van der Waals surface area contributed by atoms with Crippen LogP contribution < -0.4 is 10.2 Å². The van der Waals surface area contributed by atoms with Crippen LogP contribution in [0.1, 0.15) is 19.8 Å². The van der Waals surface area contributed by atoms with Crippen molar-refractivity contribution in [3.05, 3.63) is 30.1 Å². The van der Waals surface area contributed by atoms with Crippen LogP contribution in [0.15, 0.2) is 29.3 Å². The van der Waals surface area contributed by atoms with Gasteiger partial charge in [-0.1, -0.05) is 0 Å². The van der Waals surface area contributed by atoms with Crippen molar-refractivity contribution >= 4 is 47.4 Å². The number of hydrogen-bond acceptors (Lipinski definition) is 3. The van der Waals surface area contributed by atoms with Crippen LogP contribution in [-0.2, 0) is 0 Å². The Labute approximate surface area is 172 Å². The molecule has 0 aromatic heterocycles. The first-order valence-electron chi connectivity index (χ1n) is 8.77. The lowest BCUT2D eigenvalue weighted by atomic mass is 10.2. The van der Waals surface area contributed by atoms with Crippen LogP contribution in [-0.4, -0.2) is 62.1 Å². The minimum atomic E-state index is -0.180. The number of unbranched alkanes of at least 4 members (excludes halogenated alkanes) is 1. The molecule has 0 saturated carbocycles. The predicted molar refractivity (Wildman–Crippen MR) is 119 cm³/mol. The lowest BCUT2D eigenvalue weighted by molar-refractivity contribution is 0.372. The van der Waals surface area contributed by atoms with Crippen LogP contribution in [0.3, 0.4) is 0 Å². The number of rotatable bonds is 7. The summed E-state index contributed by atoms with van der Waals surface area (Å²) >= 11 is 1.89. The molecule has 0 radical (unpaired) electrons. The molecule has 1 aliphatic rings. The first kappa shape index (κ1) is 22.3. The van der Waals surface area contributed by atoms with E-state index in [0.29, 0.717) is 0 Å². The molecule has 1 N–H and O–H groups in total. The van der Waals surface area contributed by atoms with E-state index in [2.05, 4.69) is 28.3 Å². The first-order chi connectivity index (χ1) is 11.7. The molecule has 0 unspecified atom stereocenters. The molecule has 0 spiro atoms. The molecule has 2 rings (SSSR count). The monoisotopic (exact) mass is 480 g/mol. The van der Waals surface area contributed by atoms with Gasteiger partial charge >= 0.3 is 0 Å². The number of nitrogens with zero attached hydrogens (tertiary/aromatic N) is 3. The Hall–Kier alpha value is -0.700. The summed E-state index contributed by atoms with van der Waals surface area (Å²) in [4.78, 5) is 9.41. The molecule has 1 aliphatic heterocycles. The quantitative estimate of drug-likeness (QED) is 0.279. The molecular weight excluding hydrogens is 450 g/mol. The molecule has 25 heavy (non-hydrogen) atoms. The third kappa shape index (κ3) is 7.60. The molecule has 1 heterocycles. The lowest BCUT2D eigenvalue weighted by Crippen LogP contribution is -2.52. The van der Waals surface area contributed by atoms with Crippen LogP contribution in [0.4, 0.5) is 10.1 Å². The molecule has 7 heteroatoms. The highest BCUT2D eigenvalue weighted by Gasteiger charge is 2.19. The van der Waals surface area contributed by atoms with Crippen molar-refractivity contribution in [1.82, 2.24) is 10.2 Å². The van der Waals surface area contributed by atoms with Crippen molar-refractivity contribution < 1.29 is 4.39 Å². The van der Waals surface area contributed by atoms with Gasteiger partial charge in [0.1, 0.15) is 5.82 Å². The summed E-state index contributed by atoms with van der Waals surface area (Å²) < 4.78 is 13.1. The van der Waals surface area contributed by atoms with E-state index in [9.17, 15) is 4.39 Å². The largest absolute Gasteiger partial charge is 0.368 e. The van der Waals surface area contributed by atoms with Crippen molar-refractivity contribution in [2.45, 2.75) is 19.8 Å². The van der Waals surface area contributed by atoms with Gasteiger partial charge in [0.25, 0.3) is 0 Å². The number of benzene rings is 1. The van der Waals surface area contributed by atoms with Gasteiger partial charge in [0, 0.05) is 45.0 Å². The Morgan fingerprint density at radius 3 is 2.44 bits per heavy atom. The summed E-state index contributed by atoms with van der Waals surface area (Å²) in [6.07, 6.45) is 4.52. The summed E-state index contributed by atoms with van der Waals surface area (Å²) in [6, 6.07) is 6.77. The summed E-state index contributed by atoms with van der Waals surface area (Å²) in [5, 5.41) is 3.41. The highest BCUT2D eigenvalue weighted by molar-refractivity contribution is 14.0. The fraction of sp³-hybridized carbons (Fsp3) is 0.611. The molecule has 1 fully saturated rings. The van der Waals surface area contributed by atoms with Gasteiger partial charge in [0.05, 0.1) is 0 Å². The van der Waals surface area contributed by atoms with E-state index < -0.39 is 0 Å². The number of aliphatic imine (C=N–C) groups is 1. The van der Waals surface area contributed by atoms with Gasteiger partial charge in [-0.25, -0.2) is 4.39 Å². The smallest absolute Gasteiger partial charge is 0.194 e. The number of guanidine groups is 1. The summed E-state index contributed by atoms with van der Waals surface area (Å²) in [6.45, 7) is 7.63. The third-order valence-electron chi connectivity index (χ3n) is 4.12. The molecule has 0 atom stereocenters. The first-order valence-corrected chi connectivity index (χ1v) is 10.2. The highest BCUT2D eigenvalue weighted by atomic mass is 127. The number of thioether (sulfide) groups is 1.